The third kappa shape index (κ3) is 1.71. The highest BCUT2D eigenvalue weighted by Crippen LogP contribution is 2.25. The number of amides is 1. The average Bonchev–Trinajstić information content (AvgIpc) is 2.23. The highest BCUT2D eigenvalue weighted by Gasteiger charge is 2.28. The number of nitrogens with one attached hydrogen (secondary N) is 1. The Hall–Kier alpha value is -1.36. The maximum Gasteiger partial charge on any atom is 0.253 e. The van der Waals surface area contributed by atoms with Crippen LogP contribution in [0.15, 0.2) is 23.1 Å². The van der Waals surface area contributed by atoms with Crippen LogP contribution in [-0.2, 0) is 9.84 Å². The molecule has 16 heavy (non-hydrogen) atoms. The second-order valence-corrected chi connectivity index (χ2v) is 6.13. The molecule has 1 aliphatic rings. The average molecular weight is 239 g/mol. The molecule has 86 valence electrons. The van der Waals surface area contributed by atoms with Crippen molar-refractivity contribution >= 4 is 15.7 Å². The van der Waals surface area contributed by atoms with E-state index in [1.807, 2.05) is 13.8 Å². The van der Waals surface area contributed by atoms with Gasteiger partial charge in [-0.25, -0.2) is 8.42 Å². The van der Waals surface area contributed by atoms with Gasteiger partial charge in [-0.3, -0.25) is 4.79 Å². The van der Waals surface area contributed by atoms with Crippen molar-refractivity contribution < 1.29 is 13.2 Å². The first-order chi connectivity index (χ1) is 7.42. The van der Waals surface area contributed by atoms with Crippen LogP contribution in [0.3, 0.4) is 0 Å². The number of rotatable bonds is 1. The summed E-state index contributed by atoms with van der Waals surface area (Å²) in [6.07, 6.45) is 0. The molecule has 1 heterocycles. The van der Waals surface area contributed by atoms with Gasteiger partial charge in [-0.2, -0.15) is 0 Å². The van der Waals surface area contributed by atoms with E-state index >= 15 is 0 Å². The molecule has 0 saturated heterocycles. The van der Waals surface area contributed by atoms with E-state index < -0.39 is 9.84 Å². The van der Waals surface area contributed by atoms with Crippen molar-refractivity contribution in [2.24, 2.45) is 0 Å². The summed E-state index contributed by atoms with van der Waals surface area (Å²) >= 11 is 0. The molecule has 0 aliphatic carbocycles. The van der Waals surface area contributed by atoms with Crippen LogP contribution in [0.4, 0.5) is 0 Å². The Labute approximate surface area is 94.6 Å². The second-order valence-electron chi connectivity index (χ2n) is 4.18. The van der Waals surface area contributed by atoms with Crippen molar-refractivity contribution in [3.05, 3.63) is 29.3 Å². The molecule has 0 atom stereocenters. The van der Waals surface area contributed by atoms with Crippen LogP contribution in [0.25, 0.3) is 0 Å². The standard InChI is InChI=1S/C11H13NO3S/c1-7(2)8-3-4-9-10(5-8)16(14,15)6-12-11(9)13/h3-5,7H,6H2,1-2H3,(H,12,13). The van der Waals surface area contributed by atoms with Crippen LogP contribution < -0.4 is 5.32 Å². The van der Waals surface area contributed by atoms with Crippen LogP contribution in [0.2, 0.25) is 0 Å². The summed E-state index contributed by atoms with van der Waals surface area (Å²) in [7, 11) is -3.36. The maximum atomic E-state index is 11.8. The van der Waals surface area contributed by atoms with Crippen molar-refractivity contribution in [1.82, 2.24) is 5.32 Å². The molecule has 0 spiro atoms. The maximum absolute atomic E-state index is 11.8. The largest absolute Gasteiger partial charge is 0.338 e. The Morgan fingerprint density at radius 1 is 1.31 bits per heavy atom. The number of sulfone groups is 1. The van der Waals surface area contributed by atoms with E-state index in [-0.39, 0.29) is 28.2 Å². The van der Waals surface area contributed by atoms with Crippen LogP contribution >= 0.6 is 0 Å². The lowest BCUT2D eigenvalue weighted by molar-refractivity contribution is 0.0953. The zero-order valence-electron chi connectivity index (χ0n) is 9.15. The first-order valence-corrected chi connectivity index (χ1v) is 6.72. The van der Waals surface area contributed by atoms with E-state index in [1.165, 1.54) is 0 Å². The van der Waals surface area contributed by atoms with Crippen LogP contribution in [0.1, 0.15) is 35.7 Å². The van der Waals surface area contributed by atoms with Crippen LogP contribution in [0.5, 0.6) is 0 Å². The molecule has 1 N–H and O–H groups in total. The Morgan fingerprint density at radius 3 is 2.62 bits per heavy atom. The quantitative estimate of drug-likeness (QED) is 0.803. The predicted molar refractivity (Wildman–Crippen MR) is 60.1 cm³/mol. The van der Waals surface area contributed by atoms with Crippen LogP contribution in [0, 0.1) is 0 Å². The van der Waals surface area contributed by atoms with Gasteiger partial charge < -0.3 is 5.32 Å². The molecule has 5 heteroatoms. The minimum Gasteiger partial charge on any atom is -0.338 e. The molecular formula is C11H13NO3S. The number of carbonyl (C=O) groups excluding carboxylic acids is 1. The van der Waals surface area contributed by atoms with Gasteiger partial charge in [-0.15, -0.1) is 0 Å². The molecule has 2 rings (SSSR count). The highest BCUT2D eigenvalue weighted by molar-refractivity contribution is 7.91. The van der Waals surface area contributed by atoms with Crippen molar-refractivity contribution in [3.8, 4) is 0 Å². The van der Waals surface area contributed by atoms with E-state index in [0.717, 1.165) is 5.56 Å². The van der Waals surface area contributed by atoms with Gasteiger partial charge >= 0.3 is 0 Å². The van der Waals surface area contributed by atoms with Gasteiger partial charge in [0.05, 0.1) is 10.5 Å². The molecule has 0 aromatic heterocycles. The van der Waals surface area contributed by atoms with Crippen molar-refractivity contribution in [2.75, 3.05) is 5.88 Å². The summed E-state index contributed by atoms with van der Waals surface area (Å²) < 4.78 is 23.6. The zero-order valence-corrected chi connectivity index (χ0v) is 9.97. The van der Waals surface area contributed by atoms with Crippen LogP contribution in [-0.4, -0.2) is 20.2 Å². The van der Waals surface area contributed by atoms with E-state index in [4.69, 9.17) is 0 Å². The third-order valence-corrected chi connectivity index (χ3v) is 4.21. The smallest absolute Gasteiger partial charge is 0.253 e. The molecule has 0 unspecified atom stereocenters. The fraction of sp³-hybridized carbons (Fsp3) is 0.364. The topological polar surface area (TPSA) is 63.2 Å². The predicted octanol–water partition coefficient (Wildman–Crippen LogP) is 1.28. The SMILES string of the molecule is CC(C)c1ccc2c(c1)S(=O)(=O)CNC2=O. The third-order valence-electron chi connectivity index (χ3n) is 2.67. The van der Waals surface area contributed by atoms with Gasteiger partial charge in [-0.05, 0) is 23.6 Å². The van der Waals surface area contributed by atoms with Crippen molar-refractivity contribution in [1.29, 1.82) is 0 Å². The summed E-state index contributed by atoms with van der Waals surface area (Å²) in [5.74, 6) is -0.383. The molecule has 1 aromatic carbocycles. The van der Waals surface area contributed by atoms with Gasteiger partial charge in [0.2, 0.25) is 0 Å². The Balaban J connectivity index is 2.67. The van der Waals surface area contributed by atoms with E-state index in [9.17, 15) is 13.2 Å². The molecule has 0 saturated carbocycles. The zero-order chi connectivity index (χ0) is 11.9. The van der Waals surface area contributed by atoms with Gasteiger partial charge in [0.25, 0.3) is 5.91 Å². The van der Waals surface area contributed by atoms with Gasteiger partial charge in [0, 0.05) is 0 Å². The normalized spacial score (nSPS) is 18.1. The minimum absolute atomic E-state index is 0.155. The first-order valence-electron chi connectivity index (χ1n) is 5.07. The minimum atomic E-state index is -3.36. The van der Waals surface area contributed by atoms with E-state index in [1.54, 1.807) is 18.2 Å². The molecule has 1 amide bonds. The number of hydrogen-bond donors (Lipinski definition) is 1. The number of hydrogen-bond acceptors (Lipinski definition) is 3. The summed E-state index contributed by atoms with van der Waals surface area (Å²) in [5.41, 5.74) is 1.17. The molecule has 4 nitrogen and oxygen atoms in total. The summed E-state index contributed by atoms with van der Waals surface area (Å²) in [6.45, 7) is 3.97. The lowest BCUT2D eigenvalue weighted by Gasteiger charge is -2.18. The van der Waals surface area contributed by atoms with Crippen molar-refractivity contribution in [3.63, 3.8) is 0 Å². The molecule has 0 fully saturated rings. The second kappa shape index (κ2) is 3.59. The van der Waals surface area contributed by atoms with Crippen molar-refractivity contribution in [2.45, 2.75) is 24.7 Å². The Bertz CT molecular complexity index is 546. The number of carbonyl (C=O) groups is 1. The first kappa shape index (κ1) is 11.1. The van der Waals surface area contributed by atoms with Gasteiger partial charge in [-0.1, -0.05) is 19.9 Å². The van der Waals surface area contributed by atoms with E-state index in [0.29, 0.717) is 0 Å². The summed E-state index contributed by atoms with van der Waals surface area (Å²) in [6, 6.07) is 4.98. The Morgan fingerprint density at radius 2 is 2.00 bits per heavy atom. The highest BCUT2D eigenvalue weighted by atomic mass is 32.2. The molecular weight excluding hydrogens is 226 g/mol. The lowest BCUT2D eigenvalue weighted by atomic mass is 10.0. The monoisotopic (exact) mass is 239 g/mol. The summed E-state index contributed by atoms with van der Waals surface area (Å²) in [4.78, 5) is 11.6. The fourth-order valence-electron chi connectivity index (χ4n) is 1.68. The fourth-order valence-corrected chi connectivity index (χ4v) is 2.96. The number of benzene rings is 1. The van der Waals surface area contributed by atoms with Gasteiger partial charge in [0.1, 0.15) is 5.88 Å². The Kier molecular flexibility index (Phi) is 2.50. The molecule has 1 aliphatic heterocycles. The summed E-state index contributed by atoms with van der Waals surface area (Å²) in [5, 5.41) is 2.35. The van der Waals surface area contributed by atoms with Gasteiger partial charge in [0.15, 0.2) is 9.84 Å². The molecule has 1 aromatic rings. The number of fused-ring (bicyclic) bond motifs is 1. The lowest BCUT2D eigenvalue weighted by Crippen LogP contribution is -2.36. The van der Waals surface area contributed by atoms with E-state index in [2.05, 4.69) is 5.32 Å². The molecule has 0 bridgehead atoms. The molecule has 0 radical (unpaired) electrons.